The van der Waals surface area contributed by atoms with Crippen molar-refractivity contribution in [3.05, 3.63) is 20.8 Å². The van der Waals surface area contributed by atoms with Gasteiger partial charge in [0.2, 0.25) is 0 Å². The van der Waals surface area contributed by atoms with E-state index in [1.807, 2.05) is 11.3 Å². The highest BCUT2D eigenvalue weighted by atomic mass is 79.9. The van der Waals surface area contributed by atoms with Crippen molar-refractivity contribution >= 4 is 27.3 Å². The van der Waals surface area contributed by atoms with Gasteiger partial charge in [0.15, 0.2) is 0 Å². The van der Waals surface area contributed by atoms with Gasteiger partial charge in [0.1, 0.15) is 0 Å². The van der Waals surface area contributed by atoms with Crippen LogP contribution in [-0.4, -0.2) is 12.6 Å². The molecule has 0 aliphatic heterocycles. The van der Waals surface area contributed by atoms with Gasteiger partial charge in [-0.1, -0.05) is 27.7 Å². The molecule has 21 heavy (non-hydrogen) atoms. The normalized spacial score (nSPS) is 27.0. The van der Waals surface area contributed by atoms with Crippen LogP contribution in [0.4, 0.5) is 0 Å². The molecule has 1 N–H and O–H groups in total. The SMILES string of the molecule is CCCNC1CCC(C(C)(C)C)CC1Cc1sccc1Br. The number of thiophene rings is 1. The van der Waals surface area contributed by atoms with Crippen LogP contribution in [0.1, 0.15) is 58.3 Å². The van der Waals surface area contributed by atoms with Crippen LogP contribution in [0.25, 0.3) is 0 Å². The van der Waals surface area contributed by atoms with Crippen molar-refractivity contribution in [2.45, 2.75) is 65.8 Å². The summed E-state index contributed by atoms with van der Waals surface area (Å²) < 4.78 is 1.31. The molecule has 1 fully saturated rings. The van der Waals surface area contributed by atoms with Crippen LogP contribution >= 0.6 is 27.3 Å². The zero-order valence-electron chi connectivity index (χ0n) is 13.9. The van der Waals surface area contributed by atoms with Crippen LogP contribution in [0.15, 0.2) is 15.9 Å². The Morgan fingerprint density at radius 3 is 2.67 bits per heavy atom. The summed E-state index contributed by atoms with van der Waals surface area (Å²) >= 11 is 5.61. The van der Waals surface area contributed by atoms with Crippen molar-refractivity contribution in [1.29, 1.82) is 0 Å². The third kappa shape index (κ3) is 4.80. The topological polar surface area (TPSA) is 12.0 Å². The molecule has 0 spiro atoms. The molecule has 0 bridgehead atoms. The highest BCUT2D eigenvalue weighted by molar-refractivity contribution is 9.10. The van der Waals surface area contributed by atoms with Crippen molar-refractivity contribution in [2.75, 3.05) is 6.54 Å². The molecule has 3 unspecified atom stereocenters. The fourth-order valence-electron chi connectivity index (χ4n) is 3.58. The molecule has 2 rings (SSSR count). The summed E-state index contributed by atoms with van der Waals surface area (Å²) in [5.74, 6) is 1.64. The summed E-state index contributed by atoms with van der Waals surface area (Å²) in [6.45, 7) is 10.7. The van der Waals surface area contributed by atoms with Crippen LogP contribution in [-0.2, 0) is 6.42 Å². The molecule has 3 heteroatoms. The van der Waals surface area contributed by atoms with Gasteiger partial charge in [0.25, 0.3) is 0 Å². The molecule has 0 radical (unpaired) electrons. The summed E-state index contributed by atoms with van der Waals surface area (Å²) in [7, 11) is 0. The molecule has 1 saturated carbocycles. The molecule has 1 aromatic rings. The summed E-state index contributed by atoms with van der Waals surface area (Å²) in [5.41, 5.74) is 0.445. The quantitative estimate of drug-likeness (QED) is 0.680. The molecule has 1 aliphatic rings. The molecule has 0 saturated heterocycles. The van der Waals surface area contributed by atoms with Crippen LogP contribution in [0.5, 0.6) is 0 Å². The minimum absolute atomic E-state index is 0.445. The average Bonchev–Trinajstić information content (AvgIpc) is 2.82. The van der Waals surface area contributed by atoms with Gasteiger partial charge in [-0.2, -0.15) is 0 Å². The lowest BCUT2D eigenvalue weighted by Gasteiger charge is -2.42. The second kappa shape index (κ2) is 7.61. The predicted molar refractivity (Wildman–Crippen MR) is 98.1 cm³/mol. The molecule has 1 aliphatic carbocycles. The van der Waals surface area contributed by atoms with Gasteiger partial charge in [-0.05, 0) is 83.3 Å². The maximum absolute atomic E-state index is 3.81. The first-order chi connectivity index (χ1) is 9.91. The largest absolute Gasteiger partial charge is 0.314 e. The number of halogens is 1. The van der Waals surface area contributed by atoms with E-state index < -0.39 is 0 Å². The lowest BCUT2D eigenvalue weighted by atomic mass is 9.66. The molecule has 3 atom stereocenters. The highest BCUT2D eigenvalue weighted by Gasteiger charge is 2.35. The molecule has 1 heterocycles. The van der Waals surface area contributed by atoms with Crippen LogP contribution in [0, 0.1) is 17.3 Å². The highest BCUT2D eigenvalue weighted by Crippen LogP contribution is 2.42. The Labute approximate surface area is 143 Å². The number of rotatable bonds is 5. The minimum atomic E-state index is 0.445. The number of nitrogens with one attached hydrogen (secondary N) is 1. The molecule has 1 nitrogen and oxygen atoms in total. The molecular formula is C18H30BrNS. The van der Waals surface area contributed by atoms with Gasteiger partial charge < -0.3 is 5.32 Å². The second-order valence-corrected chi connectivity index (χ2v) is 9.45. The van der Waals surface area contributed by atoms with E-state index in [2.05, 4.69) is 60.4 Å². The summed E-state index contributed by atoms with van der Waals surface area (Å²) in [4.78, 5) is 1.53. The van der Waals surface area contributed by atoms with Crippen molar-refractivity contribution in [1.82, 2.24) is 5.32 Å². The van der Waals surface area contributed by atoms with Gasteiger partial charge in [-0.3, -0.25) is 0 Å². The van der Waals surface area contributed by atoms with Crippen molar-refractivity contribution in [3.8, 4) is 0 Å². The van der Waals surface area contributed by atoms with Gasteiger partial charge in [0.05, 0.1) is 0 Å². The molecule has 0 aromatic carbocycles. The first-order valence-electron chi connectivity index (χ1n) is 8.37. The lowest BCUT2D eigenvalue weighted by Crippen LogP contribution is -2.44. The van der Waals surface area contributed by atoms with E-state index >= 15 is 0 Å². The third-order valence-corrected chi connectivity index (χ3v) is 6.95. The Bertz CT molecular complexity index is 435. The lowest BCUT2D eigenvalue weighted by molar-refractivity contribution is 0.114. The average molecular weight is 372 g/mol. The Kier molecular flexibility index (Phi) is 6.34. The van der Waals surface area contributed by atoms with Crippen LogP contribution in [0.3, 0.4) is 0 Å². The van der Waals surface area contributed by atoms with Crippen molar-refractivity contribution < 1.29 is 0 Å². The Morgan fingerprint density at radius 2 is 2.10 bits per heavy atom. The van der Waals surface area contributed by atoms with E-state index in [0.29, 0.717) is 11.5 Å². The maximum atomic E-state index is 3.81. The van der Waals surface area contributed by atoms with Crippen LogP contribution < -0.4 is 5.32 Å². The van der Waals surface area contributed by atoms with Crippen molar-refractivity contribution in [3.63, 3.8) is 0 Å². The first-order valence-corrected chi connectivity index (χ1v) is 10.0. The van der Waals surface area contributed by atoms with Gasteiger partial charge in [-0.25, -0.2) is 0 Å². The fraction of sp³-hybridized carbons (Fsp3) is 0.778. The second-order valence-electron chi connectivity index (χ2n) is 7.59. The number of hydrogen-bond acceptors (Lipinski definition) is 2. The summed E-state index contributed by atoms with van der Waals surface area (Å²) in [5, 5.41) is 6.02. The van der Waals surface area contributed by atoms with Crippen molar-refractivity contribution in [2.24, 2.45) is 17.3 Å². The predicted octanol–water partition coefficient (Wildman–Crippen LogP) is 5.88. The van der Waals surface area contributed by atoms with E-state index in [0.717, 1.165) is 18.4 Å². The Balaban J connectivity index is 2.07. The van der Waals surface area contributed by atoms with E-state index in [-0.39, 0.29) is 0 Å². The van der Waals surface area contributed by atoms with Gasteiger partial charge in [-0.15, -0.1) is 11.3 Å². The maximum Gasteiger partial charge on any atom is 0.0314 e. The van der Waals surface area contributed by atoms with E-state index in [9.17, 15) is 0 Å². The Hall–Kier alpha value is 0.140. The summed E-state index contributed by atoms with van der Waals surface area (Å²) in [6, 6.07) is 2.90. The van der Waals surface area contributed by atoms with E-state index in [4.69, 9.17) is 0 Å². The zero-order valence-corrected chi connectivity index (χ0v) is 16.3. The molecule has 0 amide bonds. The fourth-order valence-corrected chi connectivity index (χ4v) is 5.19. The van der Waals surface area contributed by atoms with Gasteiger partial charge in [0, 0.05) is 15.4 Å². The van der Waals surface area contributed by atoms with Crippen LogP contribution in [0.2, 0.25) is 0 Å². The first kappa shape index (κ1) is 17.5. The standard InChI is InChI=1S/C18H30BrNS/c1-5-9-20-16-7-6-14(18(2,3)4)11-13(16)12-17-15(19)8-10-21-17/h8,10,13-14,16,20H,5-7,9,11-12H2,1-4H3. The monoisotopic (exact) mass is 371 g/mol. The van der Waals surface area contributed by atoms with E-state index in [1.54, 1.807) is 0 Å². The molecule has 1 aromatic heterocycles. The zero-order chi connectivity index (χ0) is 15.5. The smallest absolute Gasteiger partial charge is 0.0314 e. The molecular weight excluding hydrogens is 342 g/mol. The van der Waals surface area contributed by atoms with Gasteiger partial charge >= 0.3 is 0 Å². The third-order valence-electron chi connectivity index (χ3n) is 5.00. The van der Waals surface area contributed by atoms with E-state index in [1.165, 1.54) is 41.5 Å². The minimum Gasteiger partial charge on any atom is -0.314 e. The summed E-state index contributed by atoms with van der Waals surface area (Å²) in [6.07, 6.45) is 6.55. The number of hydrogen-bond donors (Lipinski definition) is 1. The Morgan fingerprint density at radius 1 is 1.33 bits per heavy atom. The molecule has 120 valence electrons.